The molecule has 0 fully saturated rings. The van der Waals surface area contributed by atoms with Crippen molar-refractivity contribution in [2.45, 2.75) is 0 Å². The molecule has 2 aromatic carbocycles. The molecule has 0 atom stereocenters. The van der Waals surface area contributed by atoms with Crippen molar-refractivity contribution in [2.75, 3.05) is 5.32 Å². The van der Waals surface area contributed by atoms with Crippen LogP contribution in [-0.4, -0.2) is 4.98 Å². The maximum Gasteiger partial charge on any atom is 0.136 e. The number of nitrogens with zero attached hydrogens (tertiary/aromatic N) is 2. The van der Waals surface area contributed by atoms with Crippen LogP contribution in [0, 0.1) is 11.3 Å². The summed E-state index contributed by atoms with van der Waals surface area (Å²) in [6, 6.07) is 17.9. The van der Waals surface area contributed by atoms with Crippen molar-refractivity contribution in [2.24, 2.45) is 0 Å². The summed E-state index contributed by atoms with van der Waals surface area (Å²) in [5.41, 5.74) is 3.31. The van der Waals surface area contributed by atoms with Gasteiger partial charge in [-0.25, -0.2) is 4.98 Å². The van der Waals surface area contributed by atoms with E-state index < -0.39 is 0 Å². The number of hydrogen-bond acceptors (Lipinski definition) is 4. The van der Waals surface area contributed by atoms with Gasteiger partial charge in [-0.05, 0) is 36.4 Å². The van der Waals surface area contributed by atoms with Crippen LogP contribution in [0.2, 0.25) is 0 Å². The standard InChI is InChI=1S/C18H11Br2N3S/c19-14-3-1-12(2-4-14)17-11-24-18(23-17)13(9-21)10-22-16-7-5-15(20)6-8-16/h1-8,10-11,22H/b13-10+. The largest absolute Gasteiger partial charge is 0.360 e. The maximum absolute atomic E-state index is 9.41. The molecule has 0 radical (unpaired) electrons. The molecule has 0 spiro atoms. The van der Waals surface area contributed by atoms with Crippen molar-refractivity contribution in [3.05, 3.63) is 74.1 Å². The quantitative estimate of drug-likeness (QED) is 0.464. The summed E-state index contributed by atoms with van der Waals surface area (Å²) in [4.78, 5) is 4.57. The molecule has 6 heteroatoms. The summed E-state index contributed by atoms with van der Waals surface area (Å²) in [5, 5.41) is 15.2. The summed E-state index contributed by atoms with van der Waals surface area (Å²) < 4.78 is 2.04. The lowest BCUT2D eigenvalue weighted by Gasteiger charge is -2.01. The molecule has 0 aliphatic carbocycles. The molecule has 0 bridgehead atoms. The van der Waals surface area contributed by atoms with E-state index in [2.05, 4.69) is 48.2 Å². The SMILES string of the molecule is N#C/C(=C\Nc1ccc(Br)cc1)c1nc(-c2ccc(Br)cc2)cs1. The number of benzene rings is 2. The predicted octanol–water partition coefficient (Wildman–Crippen LogP) is 6.31. The van der Waals surface area contributed by atoms with Crippen molar-refractivity contribution in [3.63, 3.8) is 0 Å². The lowest BCUT2D eigenvalue weighted by molar-refractivity contribution is 1.36. The van der Waals surface area contributed by atoms with Crippen LogP contribution in [-0.2, 0) is 0 Å². The van der Waals surface area contributed by atoms with Crippen molar-refractivity contribution in [1.29, 1.82) is 5.26 Å². The van der Waals surface area contributed by atoms with Gasteiger partial charge < -0.3 is 5.32 Å². The first-order valence-corrected chi connectivity index (χ1v) is 9.46. The number of halogens is 2. The maximum atomic E-state index is 9.41. The molecule has 0 amide bonds. The molecular weight excluding hydrogens is 450 g/mol. The number of hydrogen-bond donors (Lipinski definition) is 1. The van der Waals surface area contributed by atoms with Crippen LogP contribution < -0.4 is 5.32 Å². The minimum absolute atomic E-state index is 0.506. The molecule has 1 N–H and O–H groups in total. The average molecular weight is 461 g/mol. The Morgan fingerprint density at radius 1 is 1.04 bits per heavy atom. The topological polar surface area (TPSA) is 48.7 Å². The predicted molar refractivity (Wildman–Crippen MR) is 107 cm³/mol. The summed E-state index contributed by atoms with van der Waals surface area (Å²) in [7, 11) is 0. The van der Waals surface area contributed by atoms with Gasteiger partial charge in [-0.3, -0.25) is 0 Å². The molecule has 0 unspecified atom stereocenters. The fourth-order valence-electron chi connectivity index (χ4n) is 1.99. The second kappa shape index (κ2) is 7.75. The molecule has 118 valence electrons. The number of rotatable bonds is 4. The first-order chi connectivity index (χ1) is 11.7. The number of allylic oxidation sites excluding steroid dienone is 1. The highest BCUT2D eigenvalue weighted by Gasteiger charge is 2.09. The number of nitriles is 1. The van der Waals surface area contributed by atoms with Crippen LogP contribution in [0.5, 0.6) is 0 Å². The molecular formula is C18H11Br2N3S. The molecule has 0 saturated carbocycles. The molecule has 24 heavy (non-hydrogen) atoms. The first-order valence-electron chi connectivity index (χ1n) is 7.00. The fraction of sp³-hybridized carbons (Fsp3) is 0. The van der Waals surface area contributed by atoms with Crippen LogP contribution in [0.15, 0.2) is 69.1 Å². The van der Waals surface area contributed by atoms with Gasteiger partial charge in [0.2, 0.25) is 0 Å². The zero-order valence-corrected chi connectivity index (χ0v) is 16.3. The zero-order valence-electron chi connectivity index (χ0n) is 12.3. The van der Waals surface area contributed by atoms with Crippen LogP contribution >= 0.6 is 43.2 Å². The van der Waals surface area contributed by atoms with Crippen LogP contribution in [0.4, 0.5) is 5.69 Å². The third-order valence-corrected chi connectivity index (χ3v) is 5.16. The normalized spacial score (nSPS) is 11.1. The van der Waals surface area contributed by atoms with E-state index in [9.17, 15) is 5.26 Å². The van der Waals surface area contributed by atoms with E-state index in [1.165, 1.54) is 11.3 Å². The number of aromatic nitrogens is 1. The van der Waals surface area contributed by atoms with E-state index in [1.807, 2.05) is 53.9 Å². The Labute approximate surface area is 160 Å². The van der Waals surface area contributed by atoms with E-state index in [0.717, 1.165) is 25.9 Å². The fourth-order valence-corrected chi connectivity index (χ4v) is 3.32. The smallest absolute Gasteiger partial charge is 0.136 e. The lowest BCUT2D eigenvalue weighted by Crippen LogP contribution is -1.90. The van der Waals surface area contributed by atoms with Crippen molar-refractivity contribution < 1.29 is 0 Å². The van der Waals surface area contributed by atoms with E-state index >= 15 is 0 Å². The summed E-state index contributed by atoms with van der Waals surface area (Å²) >= 11 is 8.28. The summed E-state index contributed by atoms with van der Waals surface area (Å²) in [5.74, 6) is 0. The Morgan fingerprint density at radius 3 is 2.29 bits per heavy atom. The average Bonchev–Trinajstić information content (AvgIpc) is 3.08. The molecule has 1 aromatic heterocycles. The Hall–Kier alpha value is -1.94. The Morgan fingerprint density at radius 2 is 1.67 bits per heavy atom. The first kappa shape index (κ1) is 16.9. The second-order valence-corrected chi connectivity index (χ2v) is 7.56. The van der Waals surface area contributed by atoms with Gasteiger partial charge >= 0.3 is 0 Å². The minimum Gasteiger partial charge on any atom is -0.360 e. The molecule has 0 aliphatic rings. The van der Waals surface area contributed by atoms with Crippen LogP contribution in [0.3, 0.4) is 0 Å². The van der Waals surface area contributed by atoms with Gasteiger partial charge in [0.1, 0.15) is 16.6 Å². The van der Waals surface area contributed by atoms with Gasteiger partial charge in [0.05, 0.1) is 5.69 Å². The van der Waals surface area contributed by atoms with E-state index in [1.54, 1.807) is 6.20 Å². The number of anilines is 1. The van der Waals surface area contributed by atoms with Gasteiger partial charge in [0.15, 0.2) is 0 Å². The molecule has 0 aliphatic heterocycles. The highest BCUT2D eigenvalue weighted by Crippen LogP contribution is 2.27. The van der Waals surface area contributed by atoms with Crippen LogP contribution in [0.1, 0.15) is 5.01 Å². The van der Waals surface area contributed by atoms with Crippen molar-refractivity contribution in [3.8, 4) is 17.3 Å². The number of nitrogens with one attached hydrogen (secondary N) is 1. The second-order valence-electron chi connectivity index (χ2n) is 4.87. The third-order valence-electron chi connectivity index (χ3n) is 3.22. The third kappa shape index (κ3) is 4.12. The van der Waals surface area contributed by atoms with E-state index in [4.69, 9.17) is 0 Å². The van der Waals surface area contributed by atoms with Gasteiger partial charge in [-0.2, -0.15) is 5.26 Å². The lowest BCUT2D eigenvalue weighted by atomic mass is 10.2. The number of thiazole rings is 1. The van der Waals surface area contributed by atoms with Gasteiger partial charge in [0, 0.05) is 31.8 Å². The summed E-state index contributed by atoms with van der Waals surface area (Å²) in [6.07, 6.45) is 1.69. The Balaban J connectivity index is 1.81. The Kier molecular flexibility index (Phi) is 5.46. The van der Waals surface area contributed by atoms with Crippen molar-refractivity contribution >= 4 is 54.5 Å². The van der Waals surface area contributed by atoms with Gasteiger partial charge in [-0.1, -0.05) is 44.0 Å². The highest BCUT2D eigenvalue weighted by atomic mass is 79.9. The Bertz CT molecular complexity index is 907. The van der Waals surface area contributed by atoms with Gasteiger partial charge in [0.25, 0.3) is 0 Å². The van der Waals surface area contributed by atoms with E-state index in [-0.39, 0.29) is 0 Å². The summed E-state index contributed by atoms with van der Waals surface area (Å²) in [6.45, 7) is 0. The highest BCUT2D eigenvalue weighted by molar-refractivity contribution is 9.10. The molecule has 0 saturated heterocycles. The van der Waals surface area contributed by atoms with Crippen LogP contribution in [0.25, 0.3) is 16.8 Å². The van der Waals surface area contributed by atoms with E-state index in [0.29, 0.717) is 10.6 Å². The zero-order chi connectivity index (χ0) is 16.9. The molecule has 3 aromatic rings. The minimum atomic E-state index is 0.506. The molecule has 3 nitrogen and oxygen atoms in total. The monoisotopic (exact) mass is 459 g/mol. The molecule has 1 heterocycles. The molecule has 3 rings (SSSR count). The van der Waals surface area contributed by atoms with Gasteiger partial charge in [-0.15, -0.1) is 11.3 Å². The van der Waals surface area contributed by atoms with Crippen molar-refractivity contribution in [1.82, 2.24) is 4.98 Å².